The summed E-state index contributed by atoms with van der Waals surface area (Å²) in [6.07, 6.45) is 1.54. The van der Waals surface area contributed by atoms with E-state index in [-0.39, 0.29) is 24.3 Å². The molecule has 1 rings (SSSR count). The number of rotatable bonds is 8. The summed E-state index contributed by atoms with van der Waals surface area (Å²) in [5.41, 5.74) is 5.45. The van der Waals surface area contributed by atoms with E-state index < -0.39 is 29.4 Å². The zero-order chi connectivity index (χ0) is 19.9. The van der Waals surface area contributed by atoms with Crippen LogP contribution in [0.25, 0.3) is 0 Å². The predicted molar refractivity (Wildman–Crippen MR) is 96.0 cm³/mol. The van der Waals surface area contributed by atoms with Crippen LogP contribution in [0.4, 0.5) is 0 Å². The summed E-state index contributed by atoms with van der Waals surface area (Å²) in [6.45, 7) is 7.38. The van der Waals surface area contributed by atoms with Crippen LogP contribution in [-0.4, -0.2) is 35.7 Å². The molecule has 0 heterocycles. The third-order valence-electron chi connectivity index (χ3n) is 3.61. The zero-order valence-corrected chi connectivity index (χ0v) is 15.7. The second kappa shape index (κ2) is 9.33. The van der Waals surface area contributed by atoms with Crippen molar-refractivity contribution in [2.45, 2.75) is 53.0 Å². The molecule has 7 nitrogen and oxygen atoms in total. The van der Waals surface area contributed by atoms with Crippen LogP contribution in [0.15, 0.2) is 18.2 Å². The molecule has 0 fully saturated rings. The van der Waals surface area contributed by atoms with Gasteiger partial charge >= 0.3 is 17.9 Å². The van der Waals surface area contributed by atoms with E-state index in [4.69, 9.17) is 20.3 Å². The lowest BCUT2D eigenvalue weighted by Crippen LogP contribution is -2.33. The molecule has 0 aromatic heterocycles. The number of carbonyl (C=O) groups is 3. The van der Waals surface area contributed by atoms with Gasteiger partial charge in [-0.1, -0.05) is 19.4 Å². The number of hydrogen-bond donors (Lipinski definition) is 2. The molecule has 3 N–H and O–H groups in total. The number of hydrogen-bond acceptors (Lipinski definition) is 6. The Kier molecular flexibility index (Phi) is 7.76. The summed E-state index contributed by atoms with van der Waals surface area (Å²) in [6, 6.07) is 3.28. The van der Waals surface area contributed by atoms with Crippen LogP contribution in [-0.2, 0) is 20.7 Å². The minimum atomic E-state index is -1.17. The number of carbonyl (C=O) groups excluding carboxylic acids is 2. The Morgan fingerprint density at radius 3 is 2.42 bits per heavy atom. The van der Waals surface area contributed by atoms with Crippen molar-refractivity contribution >= 4 is 17.9 Å². The first-order valence-electron chi connectivity index (χ1n) is 8.57. The van der Waals surface area contributed by atoms with Gasteiger partial charge in [0.1, 0.15) is 11.8 Å². The summed E-state index contributed by atoms with van der Waals surface area (Å²) in [5, 5.41) is 9.00. The largest absolute Gasteiger partial charge is 0.480 e. The summed E-state index contributed by atoms with van der Waals surface area (Å²) < 4.78 is 10.5. The Bertz CT molecular complexity index is 662. The third kappa shape index (κ3) is 6.48. The number of nitrogens with two attached hydrogens (primary N) is 1. The smallest absolute Gasteiger partial charge is 0.338 e. The molecule has 0 aliphatic carbocycles. The maximum atomic E-state index is 12.4. The van der Waals surface area contributed by atoms with Crippen LogP contribution < -0.4 is 10.5 Å². The molecule has 0 spiro atoms. The lowest BCUT2D eigenvalue weighted by atomic mass is 9.97. The van der Waals surface area contributed by atoms with Crippen LogP contribution in [0.3, 0.4) is 0 Å². The fraction of sp³-hybridized carbons (Fsp3) is 0.526. The van der Waals surface area contributed by atoms with Crippen LogP contribution in [0, 0.1) is 5.41 Å². The molecule has 1 aromatic carbocycles. The molecule has 0 aliphatic heterocycles. The van der Waals surface area contributed by atoms with Crippen molar-refractivity contribution in [2.24, 2.45) is 11.1 Å². The number of carboxylic acid groups (broad SMARTS) is 1. The highest BCUT2D eigenvalue weighted by Crippen LogP contribution is 2.24. The van der Waals surface area contributed by atoms with Gasteiger partial charge in [0.15, 0.2) is 0 Å². The first kappa shape index (κ1) is 21.6. The second-order valence-corrected chi connectivity index (χ2v) is 7.10. The van der Waals surface area contributed by atoms with Gasteiger partial charge in [0.25, 0.3) is 0 Å². The summed E-state index contributed by atoms with van der Waals surface area (Å²) >= 11 is 0. The Morgan fingerprint density at radius 1 is 1.23 bits per heavy atom. The topological polar surface area (TPSA) is 116 Å². The van der Waals surface area contributed by atoms with Crippen molar-refractivity contribution in [3.8, 4) is 5.75 Å². The molecular weight excluding hydrogens is 338 g/mol. The molecule has 0 radical (unpaired) electrons. The van der Waals surface area contributed by atoms with Gasteiger partial charge in [-0.25, -0.2) is 4.79 Å². The third-order valence-corrected chi connectivity index (χ3v) is 3.61. The molecule has 0 aliphatic rings. The number of unbranched alkanes of at least 4 members (excludes halogenated alkanes) is 1. The highest BCUT2D eigenvalue weighted by atomic mass is 16.5. The number of carboxylic acids is 1. The fourth-order valence-corrected chi connectivity index (χ4v) is 1.96. The van der Waals surface area contributed by atoms with Gasteiger partial charge in [-0.2, -0.15) is 0 Å². The highest BCUT2D eigenvalue weighted by Gasteiger charge is 2.25. The van der Waals surface area contributed by atoms with E-state index >= 15 is 0 Å². The van der Waals surface area contributed by atoms with Gasteiger partial charge < -0.3 is 20.3 Å². The second-order valence-electron chi connectivity index (χ2n) is 7.10. The molecule has 0 amide bonds. The van der Waals surface area contributed by atoms with Crippen LogP contribution in [0.1, 0.15) is 56.5 Å². The van der Waals surface area contributed by atoms with Crippen molar-refractivity contribution in [3.05, 3.63) is 29.3 Å². The molecule has 1 unspecified atom stereocenters. The normalized spacial score (nSPS) is 12.3. The number of aliphatic carboxylic acids is 1. The van der Waals surface area contributed by atoms with Crippen LogP contribution in [0.5, 0.6) is 5.75 Å². The fourth-order valence-electron chi connectivity index (χ4n) is 1.96. The van der Waals surface area contributed by atoms with Crippen LogP contribution in [0.2, 0.25) is 0 Å². The van der Waals surface area contributed by atoms with Gasteiger partial charge in [0, 0.05) is 0 Å². The average Bonchev–Trinajstić information content (AvgIpc) is 2.55. The van der Waals surface area contributed by atoms with Gasteiger partial charge in [0.05, 0.1) is 17.6 Å². The van der Waals surface area contributed by atoms with Crippen molar-refractivity contribution < 1.29 is 29.0 Å². The van der Waals surface area contributed by atoms with E-state index in [0.29, 0.717) is 12.0 Å². The number of benzene rings is 1. The molecule has 1 atom stereocenters. The van der Waals surface area contributed by atoms with Crippen LogP contribution >= 0.6 is 0 Å². The van der Waals surface area contributed by atoms with E-state index in [2.05, 4.69) is 0 Å². The molecule has 7 heteroatoms. The lowest BCUT2D eigenvalue weighted by molar-refractivity contribution is -0.143. The predicted octanol–water partition coefficient (Wildman–Crippen LogP) is 2.55. The Morgan fingerprint density at radius 2 is 1.88 bits per heavy atom. The molecule has 0 saturated carbocycles. The van der Waals surface area contributed by atoms with Gasteiger partial charge in [-0.3, -0.25) is 9.59 Å². The first-order valence-corrected chi connectivity index (χ1v) is 8.57. The van der Waals surface area contributed by atoms with Crippen molar-refractivity contribution in [3.63, 3.8) is 0 Å². The SMILES string of the molecule is CCCCOC(=O)c1cc(OC(=O)C(C)(C)C)ccc1CC(N)C(=O)O. The molecule has 1 aromatic rings. The van der Waals surface area contributed by atoms with E-state index in [1.54, 1.807) is 20.8 Å². The van der Waals surface area contributed by atoms with Gasteiger partial charge in [0.2, 0.25) is 0 Å². The lowest BCUT2D eigenvalue weighted by Gasteiger charge is -2.18. The van der Waals surface area contributed by atoms with E-state index in [9.17, 15) is 14.4 Å². The summed E-state index contributed by atoms with van der Waals surface area (Å²) in [4.78, 5) is 35.4. The van der Waals surface area contributed by atoms with Gasteiger partial charge in [-0.05, 0) is 51.3 Å². The Labute approximate surface area is 153 Å². The molecule has 144 valence electrons. The highest BCUT2D eigenvalue weighted by molar-refractivity contribution is 5.92. The summed E-state index contributed by atoms with van der Waals surface area (Å²) in [5.74, 6) is -2.02. The minimum absolute atomic E-state index is 0.0406. The zero-order valence-electron chi connectivity index (χ0n) is 15.7. The molecule has 0 saturated heterocycles. The minimum Gasteiger partial charge on any atom is -0.480 e. The Hall–Kier alpha value is -2.41. The summed E-state index contributed by atoms with van der Waals surface area (Å²) in [7, 11) is 0. The quantitative estimate of drug-likeness (QED) is 0.413. The molecular formula is C19H27NO6. The Balaban J connectivity index is 3.11. The first-order chi connectivity index (χ1) is 12.1. The number of ether oxygens (including phenoxy) is 2. The van der Waals surface area contributed by atoms with E-state index in [1.807, 2.05) is 6.92 Å². The maximum absolute atomic E-state index is 12.4. The molecule has 0 bridgehead atoms. The average molecular weight is 365 g/mol. The van der Waals surface area contributed by atoms with Gasteiger partial charge in [-0.15, -0.1) is 0 Å². The maximum Gasteiger partial charge on any atom is 0.338 e. The van der Waals surface area contributed by atoms with Crippen molar-refractivity contribution in [1.82, 2.24) is 0 Å². The molecule has 26 heavy (non-hydrogen) atoms. The number of esters is 2. The van der Waals surface area contributed by atoms with Crippen molar-refractivity contribution in [1.29, 1.82) is 0 Å². The standard InChI is InChI=1S/C19H27NO6/c1-5-6-9-25-17(23)14-11-13(26-18(24)19(2,3)4)8-7-12(14)10-15(20)16(21)22/h7-8,11,15H,5-6,9-10,20H2,1-4H3,(H,21,22). The van der Waals surface area contributed by atoms with E-state index in [0.717, 1.165) is 6.42 Å². The van der Waals surface area contributed by atoms with E-state index in [1.165, 1.54) is 18.2 Å². The monoisotopic (exact) mass is 365 g/mol. The van der Waals surface area contributed by atoms with Crippen molar-refractivity contribution in [2.75, 3.05) is 6.61 Å².